The molecule has 0 radical (unpaired) electrons. The van der Waals surface area contributed by atoms with Crippen LogP contribution in [-0.2, 0) is 12.8 Å². The number of nitrogens with one attached hydrogen (secondary N) is 2. The number of carboxylic acid groups (broad SMARTS) is 1. The third-order valence-corrected chi connectivity index (χ3v) is 7.22. The molecular formula is C32H29ClN2O5. The van der Waals surface area contributed by atoms with Crippen molar-refractivity contribution < 1.29 is 24.5 Å². The highest BCUT2D eigenvalue weighted by Crippen LogP contribution is 2.31. The lowest BCUT2D eigenvalue weighted by atomic mass is 9.88. The summed E-state index contributed by atoms with van der Waals surface area (Å²) in [5, 5.41) is 27.1. The summed E-state index contributed by atoms with van der Waals surface area (Å²) in [7, 11) is 0. The molecule has 1 aliphatic rings. The van der Waals surface area contributed by atoms with Crippen molar-refractivity contribution in [2.45, 2.75) is 31.4 Å². The van der Waals surface area contributed by atoms with Gasteiger partial charge in [0.2, 0.25) is 0 Å². The number of ether oxygens (including phenoxy) is 1. The first kappa shape index (κ1) is 27.4. The topological polar surface area (TPSA) is 108 Å². The minimum atomic E-state index is -1.17. The molecule has 0 unspecified atom stereocenters. The molecule has 0 spiro atoms. The van der Waals surface area contributed by atoms with E-state index in [0.717, 1.165) is 30.4 Å². The lowest BCUT2D eigenvalue weighted by Gasteiger charge is -2.27. The zero-order valence-corrected chi connectivity index (χ0v) is 22.4. The van der Waals surface area contributed by atoms with Crippen LogP contribution in [-0.4, -0.2) is 34.7 Å². The van der Waals surface area contributed by atoms with Crippen LogP contribution in [0.1, 0.15) is 49.9 Å². The summed E-state index contributed by atoms with van der Waals surface area (Å²) in [5.74, 6) is -0.621. The van der Waals surface area contributed by atoms with Crippen molar-refractivity contribution in [3.05, 3.63) is 124 Å². The number of hydrogen-bond acceptors (Lipinski definition) is 5. The summed E-state index contributed by atoms with van der Waals surface area (Å²) in [5.41, 5.74) is 3.71. The molecule has 0 bridgehead atoms. The van der Waals surface area contributed by atoms with Crippen LogP contribution >= 0.6 is 11.6 Å². The van der Waals surface area contributed by atoms with E-state index in [1.807, 2.05) is 30.3 Å². The standard InChI is InChI=1S/C32H29ClN2O5/c33-24-8-4-7-22(15-24)30(36)19-34-25-11-9-20-10-12-26(17-23(20)16-25)40-27-13-14-29(28(18-27)32(38)39)35-31(37)21-5-2-1-3-6-21/h1-8,10,12-15,17-18,25,30,34,36H,9,11,16,19H2,(H,35,37)(H,38,39)/t25-,30-/m0/s1. The average molecular weight is 557 g/mol. The molecule has 0 saturated heterocycles. The number of rotatable bonds is 9. The van der Waals surface area contributed by atoms with Crippen LogP contribution < -0.4 is 15.4 Å². The molecule has 0 aromatic heterocycles. The van der Waals surface area contributed by atoms with Gasteiger partial charge in [0.05, 0.1) is 17.4 Å². The number of amides is 1. The van der Waals surface area contributed by atoms with Crippen LogP contribution in [0, 0.1) is 0 Å². The normalized spacial score (nSPS) is 15.1. The van der Waals surface area contributed by atoms with Gasteiger partial charge in [0.15, 0.2) is 0 Å². The molecule has 4 aromatic rings. The molecule has 1 amide bonds. The minimum Gasteiger partial charge on any atom is -0.478 e. The summed E-state index contributed by atoms with van der Waals surface area (Å²) in [6, 6.07) is 26.5. The smallest absolute Gasteiger partial charge is 0.337 e. The van der Waals surface area contributed by atoms with Gasteiger partial charge in [-0.1, -0.05) is 48.0 Å². The molecule has 0 fully saturated rings. The lowest BCUT2D eigenvalue weighted by Crippen LogP contribution is -2.37. The van der Waals surface area contributed by atoms with E-state index in [-0.39, 0.29) is 17.3 Å². The average Bonchev–Trinajstić information content (AvgIpc) is 2.96. The Morgan fingerprint density at radius 3 is 2.48 bits per heavy atom. The predicted octanol–water partition coefficient (Wildman–Crippen LogP) is 6.26. The van der Waals surface area contributed by atoms with Crippen molar-refractivity contribution in [3.8, 4) is 11.5 Å². The van der Waals surface area contributed by atoms with Gasteiger partial charge >= 0.3 is 5.97 Å². The van der Waals surface area contributed by atoms with Crippen molar-refractivity contribution >= 4 is 29.2 Å². The highest BCUT2D eigenvalue weighted by atomic mass is 35.5. The third kappa shape index (κ3) is 6.69. The third-order valence-electron chi connectivity index (χ3n) is 6.98. The second kappa shape index (κ2) is 12.3. The van der Waals surface area contributed by atoms with Crippen molar-refractivity contribution in [3.63, 3.8) is 0 Å². The molecule has 5 rings (SSSR count). The van der Waals surface area contributed by atoms with Gasteiger partial charge in [-0.05, 0) is 90.6 Å². The Hall–Kier alpha value is -4.17. The van der Waals surface area contributed by atoms with Crippen LogP contribution in [0.15, 0.2) is 91.0 Å². The van der Waals surface area contributed by atoms with Gasteiger partial charge in [-0.15, -0.1) is 0 Å². The molecule has 4 aromatic carbocycles. The number of halogens is 1. The molecule has 0 heterocycles. The van der Waals surface area contributed by atoms with E-state index in [2.05, 4.69) is 10.6 Å². The maximum atomic E-state index is 12.5. The Morgan fingerprint density at radius 2 is 1.70 bits per heavy atom. The van der Waals surface area contributed by atoms with E-state index < -0.39 is 18.0 Å². The van der Waals surface area contributed by atoms with Gasteiger partial charge in [-0.3, -0.25) is 4.79 Å². The fourth-order valence-corrected chi connectivity index (χ4v) is 5.07. The number of aliphatic hydroxyl groups excluding tert-OH is 1. The molecule has 0 aliphatic heterocycles. The van der Waals surface area contributed by atoms with Crippen molar-refractivity contribution in [2.24, 2.45) is 0 Å². The number of benzene rings is 4. The van der Waals surface area contributed by atoms with E-state index in [1.165, 1.54) is 17.7 Å². The Morgan fingerprint density at radius 1 is 0.925 bits per heavy atom. The zero-order chi connectivity index (χ0) is 28.1. The van der Waals surface area contributed by atoms with Crippen molar-refractivity contribution in [1.82, 2.24) is 5.32 Å². The second-order valence-electron chi connectivity index (χ2n) is 9.78. The summed E-state index contributed by atoms with van der Waals surface area (Å²) < 4.78 is 6.03. The fourth-order valence-electron chi connectivity index (χ4n) is 4.87. The Labute approximate surface area is 237 Å². The number of anilines is 1. The first-order valence-corrected chi connectivity index (χ1v) is 13.4. The highest BCUT2D eigenvalue weighted by molar-refractivity contribution is 6.30. The zero-order valence-electron chi connectivity index (χ0n) is 21.6. The highest BCUT2D eigenvalue weighted by Gasteiger charge is 2.21. The van der Waals surface area contributed by atoms with Gasteiger partial charge < -0.3 is 25.6 Å². The van der Waals surface area contributed by atoms with E-state index in [9.17, 15) is 19.8 Å². The molecule has 4 N–H and O–H groups in total. The van der Waals surface area contributed by atoms with E-state index in [1.54, 1.807) is 48.5 Å². The number of aliphatic hydroxyl groups is 1. The summed E-state index contributed by atoms with van der Waals surface area (Å²) in [6.45, 7) is 0.418. The van der Waals surface area contributed by atoms with Crippen molar-refractivity contribution in [1.29, 1.82) is 0 Å². The number of hydrogen-bond donors (Lipinski definition) is 4. The van der Waals surface area contributed by atoms with Gasteiger partial charge in [0.1, 0.15) is 11.5 Å². The quantitative estimate of drug-likeness (QED) is 0.194. The number of carboxylic acids is 1. The largest absolute Gasteiger partial charge is 0.478 e. The molecule has 8 heteroatoms. The van der Waals surface area contributed by atoms with Crippen LogP contribution in [0.4, 0.5) is 5.69 Å². The summed E-state index contributed by atoms with van der Waals surface area (Å²) in [4.78, 5) is 24.5. The number of aryl methyl sites for hydroxylation is 1. The van der Waals surface area contributed by atoms with E-state index in [0.29, 0.717) is 28.6 Å². The monoisotopic (exact) mass is 556 g/mol. The fraction of sp³-hybridized carbons (Fsp3) is 0.188. The molecular weight excluding hydrogens is 528 g/mol. The molecule has 7 nitrogen and oxygen atoms in total. The van der Waals surface area contributed by atoms with Gasteiger partial charge in [-0.2, -0.15) is 0 Å². The minimum absolute atomic E-state index is 0.0673. The molecule has 1 aliphatic carbocycles. The summed E-state index contributed by atoms with van der Waals surface area (Å²) >= 11 is 6.05. The Kier molecular flexibility index (Phi) is 8.45. The van der Waals surface area contributed by atoms with Crippen LogP contribution in [0.2, 0.25) is 5.02 Å². The van der Waals surface area contributed by atoms with Gasteiger partial charge in [0, 0.05) is 23.2 Å². The Balaban J connectivity index is 1.24. The SMILES string of the molecule is O=C(Nc1ccc(Oc2ccc3c(c2)C[C@@H](NC[C@H](O)c2cccc(Cl)c2)CC3)cc1C(=O)O)c1ccccc1. The second-order valence-corrected chi connectivity index (χ2v) is 10.2. The number of carbonyl (C=O) groups excluding carboxylic acids is 1. The van der Waals surface area contributed by atoms with Crippen LogP contribution in [0.3, 0.4) is 0 Å². The van der Waals surface area contributed by atoms with Crippen LogP contribution in [0.5, 0.6) is 11.5 Å². The maximum Gasteiger partial charge on any atom is 0.337 e. The maximum absolute atomic E-state index is 12.5. The predicted molar refractivity (Wildman–Crippen MR) is 155 cm³/mol. The first-order chi connectivity index (χ1) is 19.4. The molecule has 0 saturated carbocycles. The van der Waals surface area contributed by atoms with Crippen LogP contribution in [0.25, 0.3) is 0 Å². The number of fused-ring (bicyclic) bond motifs is 1. The molecule has 40 heavy (non-hydrogen) atoms. The molecule has 204 valence electrons. The first-order valence-electron chi connectivity index (χ1n) is 13.1. The van der Waals surface area contributed by atoms with E-state index in [4.69, 9.17) is 16.3 Å². The Bertz CT molecular complexity index is 1530. The van der Waals surface area contributed by atoms with E-state index >= 15 is 0 Å². The lowest BCUT2D eigenvalue weighted by molar-refractivity contribution is 0.0697. The number of carbonyl (C=O) groups is 2. The van der Waals surface area contributed by atoms with Crippen molar-refractivity contribution in [2.75, 3.05) is 11.9 Å². The van der Waals surface area contributed by atoms with Gasteiger partial charge in [0.25, 0.3) is 5.91 Å². The van der Waals surface area contributed by atoms with Gasteiger partial charge in [-0.25, -0.2) is 4.79 Å². The summed E-state index contributed by atoms with van der Waals surface area (Å²) in [6.07, 6.45) is 1.98. The number of aromatic carboxylic acids is 1. The molecule has 2 atom stereocenters.